The Morgan fingerprint density at radius 3 is 2.43 bits per heavy atom. The van der Waals surface area contributed by atoms with E-state index in [9.17, 15) is 9.90 Å². The van der Waals surface area contributed by atoms with Crippen molar-refractivity contribution < 1.29 is 15.0 Å². The highest BCUT2D eigenvalue weighted by atomic mass is 16.4. The summed E-state index contributed by atoms with van der Waals surface area (Å²) in [5.41, 5.74) is 5.83. The molecule has 0 bridgehead atoms. The molecular weight excluding hydrogens is 182 g/mol. The topological polar surface area (TPSA) is 83.5 Å². The monoisotopic (exact) mass is 201 g/mol. The van der Waals surface area contributed by atoms with Crippen molar-refractivity contribution in [2.24, 2.45) is 11.7 Å². The third-order valence-corrected chi connectivity index (χ3v) is 3.02. The third kappa shape index (κ3) is 3.27. The smallest absolute Gasteiger partial charge is 0.306 e. The van der Waals surface area contributed by atoms with E-state index in [1.54, 1.807) is 0 Å². The van der Waals surface area contributed by atoms with Gasteiger partial charge in [-0.3, -0.25) is 4.79 Å². The fraction of sp³-hybridized carbons (Fsp3) is 0.900. The Labute approximate surface area is 84.1 Å². The lowest BCUT2D eigenvalue weighted by molar-refractivity contribution is -0.139. The molecule has 1 saturated carbocycles. The van der Waals surface area contributed by atoms with E-state index in [1.165, 1.54) is 6.42 Å². The average molecular weight is 201 g/mol. The molecule has 2 unspecified atom stereocenters. The Bertz CT molecular complexity index is 190. The number of hydrogen-bond donors (Lipinski definition) is 3. The molecule has 0 amide bonds. The summed E-state index contributed by atoms with van der Waals surface area (Å²) in [7, 11) is 0. The van der Waals surface area contributed by atoms with Crippen LogP contribution in [-0.2, 0) is 4.79 Å². The lowest BCUT2D eigenvalue weighted by Gasteiger charge is -2.30. The summed E-state index contributed by atoms with van der Waals surface area (Å²) in [4.78, 5) is 10.4. The van der Waals surface area contributed by atoms with Crippen molar-refractivity contribution in [1.29, 1.82) is 0 Å². The number of aliphatic carboxylic acids is 1. The number of carboxylic acid groups (broad SMARTS) is 1. The Morgan fingerprint density at radius 1 is 1.36 bits per heavy atom. The summed E-state index contributed by atoms with van der Waals surface area (Å²) in [5.74, 6) is -0.679. The van der Waals surface area contributed by atoms with Gasteiger partial charge in [0.1, 0.15) is 0 Å². The van der Waals surface area contributed by atoms with Crippen LogP contribution >= 0.6 is 0 Å². The molecule has 0 radical (unpaired) electrons. The molecule has 4 N–H and O–H groups in total. The summed E-state index contributed by atoms with van der Waals surface area (Å²) in [6.45, 7) is 0. The zero-order chi connectivity index (χ0) is 10.6. The number of aliphatic hydroxyl groups is 1. The van der Waals surface area contributed by atoms with Crippen LogP contribution < -0.4 is 5.73 Å². The van der Waals surface area contributed by atoms with Crippen LogP contribution in [0.4, 0.5) is 0 Å². The molecule has 0 aromatic rings. The predicted molar refractivity (Wildman–Crippen MR) is 52.8 cm³/mol. The van der Waals surface area contributed by atoms with Crippen molar-refractivity contribution in [3.63, 3.8) is 0 Å². The molecule has 0 aliphatic heterocycles. The molecule has 1 fully saturated rings. The standard InChI is InChI=1S/C10H19NO3/c11-10(8(12)6-9(13)14)7-4-2-1-3-5-7/h7-8,10,12H,1-6,11H2,(H,13,14). The first-order valence-corrected chi connectivity index (χ1v) is 5.26. The number of hydrogen-bond acceptors (Lipinski definition) is 3. The number of carboxylic acids is 1. The van der Waals surface area contributed by atoms with Crippen molar-refractivity contribution in [2.45, 2.75) is 50.7 Å². The molecule has 1 rings (SSSR count). The summed E-state index contributed by atoms with van der Waals surface area (Å²) in [6.07, 6.45) is 4.46. The van der Waals surface area contributed by atoms with Crippen LogP contribution in [-0.4, -0.2) is 28.3 Å². The van der Waals surface area contributed by atoms with Crippen LogP contribution in [0.2, 0.25) is 0 Å². The zero-order valence-corrected chi connectivity index (χ0v) is 8.35. The van der Waals surface area contributed by atoms with Gasteiger partial charge in [-0.15, -0.1) is 0 Å². The van der Waals surface area contributed by atoms with Gasteiger partial charge in [0.05, 0.1) is 12.5 Å². The first kappa shape index (κ1) is 11.5. The molecule has 0 heterocycles. The van der Waals surface area contributed by atoms with Crippen LogP contribution in [0.3, 0.4) is 0 Å². The Morgan fingerprint density at radius 2 is 1.93 bits per heavy atom. The second kappa shape index (κ2) is 5.32. The van der Waals surface area contributed by atoms with Crippen LogP contribution in [0.1, 0.15) is 38.5 Å². The van der Waals surface area contributed by atoms with E-state index in [0.717, 1.165) is 25.7 Å². The molecule has 1 aliphatic rings. The summed E-state index contributed by atoms with van der Waals surface area (Å²) < 4.78 is 0. The molecular formula is C10H19NO3. The number of aliphatic hydroxyl groups excluding tert-OH is 1. The van der Waals surface area contributed by atoms with Crippen molar-refractivity contribution >= 4 is 5.97 Å². The van der Waals surface area contributed by atoms with E-state index in [2.05, 4.69) is 0 Å². The van der Waals surface area contributed by atoms with Crippen molar-refractivity contribution in [1.82, 2.24) is 0 Å². The van der Waals surface area contributed by atoms with Crippen LogP contribution in [0.15, 0.2) is 0 Å². The van der Waals surface area contributed by atoms with E-state index in [-0.39, 0.29) is 12.5 Å². The molecule has 2 atom stereocenters. The molecule has 14 heavy (non-hydrogen) atoms. The largest absolute Gasteiger partial charge is 0.481 e. The summed E-state index contributed by atoms with van der Waals surface area (Å²) in [5, 5.41) is 18.1. The van der Waals surface area contributed by atoms with E-state index >= 15 is 0 Å². The molecule has 0 aromatic heterocycles. The second-order valence-corrected chi connectivity index (χ2v) is 4.14. The fourth-order valence-corrected chi connectivity index (χ4v) is 2.15. The van der Waals surface area contributed by atoms with Crippen LogP contribution in [0.25, 0.3) is 0 Å². The minimum Gasteiger partial charge on any atom is -0.481 e. The van der Waals surface area contributed by atoms with Gasteiger partial charge in [0.15, 0.2) is 0 Å². The summed E-state index contributed by atoms with van der Waals surface area (Å²) in [6, 6.07) is -0.369. The van der Waals surface area contributed by atoms with Gasteiger partial charge in [0, 0.05) is 6.04 Å². The van der Waals surface area contributed by atoms with Crippen molar-refractivity contribution in [2.75, 3.05) is 0 Å². The molecule has 4 nitrogen and oxygen atoms in total. The third-order valence-electron chi connectivity index (χ3n) is 3.02. The van der Waals surface area contributed by atoms with E-state index in [0.29, 0.717) is 5.92 Å². The highest BCUT2D eigenvalue weighted by Gasteiger charge is 2.27. The van der Waals surface area contributed by atoms with Crippen molar-refractivity contribution in [3.8, 4) is 0 Å². The van der Waals surface area contributed by atoms with Gasteiger partial charge < -0.3 is 15.9 Å². The van der Waals surface area contributed by atoms with Gasteiger partial charge in [0.25, 0.3) is 0 Å². The Balaban J connectivity index is 2.37. The van der Waals surface area contributed by atoms with Crippen LogP contribution in [0.5, 0.6) is 0 Å². The maximum absolute atomic E-state index is 10.4. The maximum Gasteiger partial charge on any atom is 0.306 e. The molecule has 0 saturated heterocycles. The normalized spacial score (nSPS) is 23.0. The lowest BCUT2D eigenvalue weighted by Crippen LogP contribution is -2.43. The zero-order valence-electron chi connectivity index (χ0n) is 8.35. The van der Waals surface area contributed by atoms with Crippen LogP contribution in [0, 0.1) is 5.92 Å². The minimum absolute atomic E-state index is 0.238. The Hall–Kier alpha value is -0.610. The van der Waals surface area contributed by atoms with Gasteiger partial charge in [-0.2, -0.15) is 0 Å². The predicted octanol–water partition coefficient (Wildman–Crippen LogP) is 0.730. The van der Waals surface area contributed by atoms with E-state index in [4.69, 9.17) is 10.8 Å². The second-order valence-electron chi connectivity index (χ2n) is 4.14. The lowest BCUT2D eigenvalue weighted by atomic mass is 9.81. The average Bonchev–Trinajstić information content (AvgIpc) is 2.17. The SMILES string of the molecule is NC(C(O)CC(=O)O)C1CCCCC1. The molecule has 0 spiro atoms. The summed E-state index contributed by atoms with van der Waals surface area (Å²) >= 11 is 0. The van der Waals surface area contributed by atoms with E-state index < -0.39 is 12.1 Å². The molecule has 0 aromatic carbocycles. The first-order valence-electron chi connectivity index (χ1n) is 5.26. The van der Waals surface area contributed by atoms with Gasteiger partial charge in [-0.25, -0.2) is 0 Å². The molecule has 1 aliphatic carbocycles. The fourth-order valence-electron chi connectivity index (χ4n) is 2.15. The first-order chi connectivity index (χ1) is 6.61. The highest BCUT2D eigenvalue weighted by Crippen LogP contribution is 2.27. The molecule has 4 heteroatoms. The number of carbonyl (C=O) groups is 1. The van der Waals surface area contributed by atoms with E-state index in [1.807, 2.05) is 0 Å². The van der Waals surface area contributed by atoms with Gasteiger partial charge in [0.2, 0.25) is 0 Å². The number of nitrogens with two attached hydrogens (primary N) is 1. The van der Waals surface area contributed by atoms with Gasteiger partial charge in [-0.05, 0) is 18.8 Å². The van der Waals surface area contributed by atoms with Gasteiger partial charge >= 0.3 is 5.97 Å². The highest BCUT2D eigenvalue weighted by molar-refractivity contribution is 5.67. The minimum atomic E-state index is -0.983. The molecule has 82 valence electrons. The van der Waals surface area contributed by atoms with Crippen molar-refractivity contribution in [3.05, 3.63) is 0 Å². The van der Waals surface area contributed by atoms with Gasteiger partial charge in [-0.1, -0.05) is 19.3 Å². The maximum atomic E-state index is 10.4. The Kier molecular flexibility index (Phi) is 4.35. The quantitative estimate of drug-likeness (QED) is 0.626. The number of rotatable bonds is 4.